The van der Waals surface area contributed by atoms with Gasteiger partial charge in [-0.2, -0.15) is 0 Å². The summed E-state index contributed by atoms with van der Waals surface area (Å²) in [4.78, 5) is 14.9. The minimum Gasteiger partial charge on any atom is -0.444 e. The Morgan fingerprint density at radius 3 is 2.52 bits per heavy atom. The molecule has 3 heteroatoms. The van der Waals surface area contributed by atoms with Crippen LogP contribution < -0.4 is 0 Å². The molecule has 1 aliphatic carbocycles. The molecule has 1 fully saturated rings. The Hall–Kier alpha value is -2.55. The zero-order valence-electron chi connectivity index (χ0n) is 19.4. The lowest BCUT2D eigenvalue weighted by Crippen LogP contribution is -2.53. The first kappa shape index (κ1) is 20.4. The molecule has 2 heterocycles. The summed E-state index contributed by atoms with van der Waals surface area (Å²) < 4.78 is 5.74. The van der Waals surface area contributed by atoms with Gasteiger partial charge in [0.15, 0.2) is 0 Å². The number of amides is 1. The van der Waals surface area contributed by atoms with Gasteiger partial charge in [0.25, 0.3) is 0 Å². The van der Waals surface area contributed by atoms with Gasteiger partial charge in [-0.3, -0.25) is 4.90 Å². The summed E-state index contributed by atoms with van der Waals surface area (Å²) in [6.45, 7) is 10.5. The van der Waals surface area contributed by atoms with Crippen molar-refractivity contribution in [1.82, 2.24) is 4.90 Å². The maximum absolute atomic E-state index is 12.9. The van der Waals surface area contributed by atoms with E-state index in [1.165, 1.54) is 39.8 Å². The normalized spacial score (nSPS) is 23.6. The van der Waals surface area contributed by atoms with E-state index in [4.69, 9.17) is 4.74 Å². The van der Waals surface area contributed by atoms with Crippen molar-refractivity contribution in [1.29, 1.82) is 0 Å². The number of hydrogen-bond donors (Lipinski definition) is 0. The number of carbonyl (C=O) groups excluding carboxylic acids is 1. The molecule has 3 aliphatic rings. The van der Waals surface area contributed by atoms with Crippen LogP contribution in [0.1, 0.15) is 77.0 Å². The topological polar surface area (TPSA) is 29.5 Å². The molecule has 2 bridgehead atoms. The number of rotatable bonds is 1. The van der Waals surface area contributed by atoms with Gasteiger partial charge in [0.1, 0.15) is 5.60 Å². The second-order valence-electron chi connectivity index (χ2n) is 10.9. The smallest absolute Gasteiger partial charge is 0.411 e. The van der Waals surface area contributed by atoms with Gasteiger partial charge < -0.3 is 4.74 Å². The van der Waals surface area contributed by atoms with E-state index in [-0.39, 0.29) is 23.6 Å². The quantitative estimate of drug-likeness (QED) is 0.505. The molecular weight excluding hydrogens is 382 g/mol. The second kappa shape index (κ2) is 6.98. The highest BCUT2D eigenvalue weighted by Crippen LogP contribution is 2.49. The van der Waals surface area contributed by atoms with Crippen LogP contribution in [-0.4, -0.2) is 28.7 Å². The van der Waals surface area contributed by atoms with Crippen LogP contribution in [0.25, 0.3) is 16.7 Å². The fourth-order valence-electron chi connectivity index (χ4n) is 5.75. The molecule has 2 unspecified atom stereocenters. The molecule has 2 aromatic rings. The van der Waals surface area contributed by atoms with Crippen molar-refractivity contribution in [2.45, 2.75) is 83.4 Å². The molecule has 1 amide bonds. The van der Waals surface area contributed by atoms with E-state index in [1.54, 1.807) is 0 Å². The Morgan fingerprint density at radius 2 is 1.77 bits per heavy atom. The minimum atomic E-state index is -0.462. The summed E-state index contributed by atoms with van der Waals surface area (Å²) in [7, 11) is 0. The minimum absolute atomic E-state index is 0.00951. The van der Waals surface area contributed by atoms with Gasteiger partial charge in [-0.1, -0.05) is 56.3 Å². The van der Waals surface area contributed by atoms with Crippen molar-refractivity contribution in [2.24, 2.45) is 0 Å². The van der Waals surface area contributed by atoms with Crippen LogP contribution in [0.5, 0.6) is 0 Å². The molecule has 2 atom stereocenters. The van der Waals surface area contributed by atoms with Gasteiger partial charge in [-0.15, -0.1) is 0 Å². The van der Waals surface area contributed by atoms with E-state index in [1.807, 2.05) is 25.7 Å². The van der Waals surface area contributed by atoms with Crippen molar-refractivity contribution >= 4 is 11.7 Å². The van der Waals surface area contributed by atoms with Crippen molar-refractivity contribution in [3.63, 3.8) is 0 Å². The molecule has 0 radical (unpaired) electrons. The van der Waals surface area contributed by atoms with Gasteiger partial charge in [0.05, 0.1) is 6.04 Å². The number of hydrogen-bond acceptors (Lipinski definition) is 2. The summed E-state index contributed by atoms with van der Waals surface area (Å²) in [5.41, 5.74) is 7.77. The van der Waals surface area contributed by atoms with Crippen molar-refractivity contribution < 1.29 is 9.53 Å². The molecule has 3 nitrogen and oxygen atoms in total. The van der Waals surface area contributed by atoms with E-state index in [2.05, 4.69) is 62.4 Å². The second-order valence-corrected chi connectivity index (χ2v) is 10.9. The molecule has 0 saturated carbocycles. The molecule has 0 N–H and O–H groups in total. The monoisotopic (exact) mass is 415 g/mol. The first-order chi connectivity index (χ1) is 14.6. The fourth-order valence-corrected chi connectivity index (χ4v) is 5.75. The number of carbonyl (C=O) groups is 1. The van der Waals surface area contributed by atoms with Gasteiger partial charge in [-0.25, -0.2) is 4.79 Å². The van der Waals surface area contributed by atoms with Crippen molar-refractivity contribution in [3.05, 3.63) is 65.2 Å². The maximum Gasteiger partial charge on any atom is 0.411 e. The van der Waals surface area contributed by atoms with E-state index < -0.39 is 5.60 Å². The van der Waals surface area contributed by atoms with Gasteiger partial charge in [0.2, 0.25) is 0 Å². The molecule has 2 aromatic carbocycles. The van der Waals surface area contributed by atoms with E-state index in [9.17, 15) is 4.79 Å². The van der Waals surface area contributed by atoms with Crippen LogP contribution in [0.2, 0.25) is 0 Å². The number of nitrogens with zero attached hydrogens (tertiary/aromatic N) is 1. The third kappa shape index (κ3) is 3.39. The van der Waals surface area contributed by atoms with Crippen LogP contribution in [0, 0.1) is 0 Å². The van der Waals surface area contributed by atoms with Crippen LogP contribution in [0.3, 0.4) is 0 Å². The summed E-state index contributed by atoms with van der Waals surface area (Å²) >= 11 is 0. The SMILES string of the molecule is CC(C)(C)OC(=O)N1C2C=C(c3ccc4c(c3)C(C)(C)c3ccccc3-4)CC1CCC2. The van der Waals surface area contributed by atoms with Gasteiger partial charge >= 0.3 is 6.09 Å². The summed E-state index contributed by atoms with van der Waals surface area (Å²) in [5.74, 6) is 0. The standard InChI is InChI=1S/C28H33NO2/c1-27(2,3)31-26(30)29-20-9-8-10-21(29)16-19(15-20)18-13-14-23-22-11-6-7-12-24(22)28(4,5)25(23)17-18/h6-7,11-15,17,20-21H,8-10,16H2,1-5H3. The van der Waals surface area contributed by atoms with Gasteiger partial charge in [-0.05, 0) is 85.9 Å². The number of fused-ring (bicyclic) bond motifs is 5. The highest BCUT2D eigenvalue weighted by atomic mass is 16.6. The van der Waals surface area contributed by atoms with Crippen molar-refractivity contribution in [2.75, 3.05) is 0 Å². The molecule has 0 spiro atoms. The first-order valence-electron chi connectivity index (χ1n) is 11.6. The fraction of sp³-hybridized carbons (Fsp3) is 0.464. The molecule has 31 heavy (non-hydrogen) atoms. The largest absolute Gasteiger partial charge is 0.444 e. The lowest BCUT2D eigenvalue weighted by atomic mass is 9.79. The van der Waals surface area contributed by atoms with E-state index in [0.29, 0.717) is 0 Å². The van der Waals surface area contributed by atoms with Crippen molar-refractivity contribution in [3.8, 4) is 11.1 Å². The lowest BCUT2D eigenvalue weighted by molar-refractivity contribution is 0.0000845. The molecule has 5 rings (SSSR count). The molecular formula is C28H33NO2. The molecule has 0 aromatic heterocycles. The summed E-state index contributed by atoms with van der Waals surface area (Å²) in [6.07, 6.45) is 6.31. The maximum atomic E-state index is 12.9. The average molecular weight is 416 g/mol. The highest BCUT2D eigenvalue weighted by Gasteiger charge is 2.40. The predicted molar refractivity (Wildman–Crippen MR) is 126 cm³/mol. The Bertz CT molecular complexity index is 1070. The Morgan fingerprint density at radius 1 is 1.03 bits per heavy atom. The third-order valence-corrected chi connectivity index (χ3v) is 7.20. The van der Waals surface area contributed by atoms with Crippen LogP contribution in [0.4, 0.5) is 4.79 Å². The first-order valence-corrected chi connectivity index (χ1v) is 11.6. The Balaban J connectivity index is 1.49. The molecule has 1 saturated heterocycles. The Kier molecular flexibility index (Phi) is 4.58. The number of ether oxygens (including phenoxy) is 1. The number of piperidine rings is 1. The van der Waals surface area contributed by atoms with E-state index >= 15 is 0 Å². The summed E-state index contributed by atoms with van der Waals surface area (Å²) in [6, 6.07) is 16.1. The number of benzene rings is 2. The highest BCUT2D eigenvalue weighted by molar-refractivity contribution is 5.83. The van der Waals surface area contributed by atoms with Crippen LogP contribution >= 0.6 is 0 Å². The molecule has 162 valence electrons. The van der Waals surface area contributed by atoms with Crippen LogP contribution in [-0.2, 0) is 10.2 Å². The molecule has 2 aliphatic heterocycles. The van der Waals surface area contributed by atoms with Gasteiger partial charge in [0, 0.05) is 11.5 Å². The predicted octanol–water partition coefficient (Wildman–Crippen LogP) is 6.94. The lowest BCUT2D eigenvalue weighted by Gasteiger charge is -2.45. The van der Waals surface area contributed by atoms with E-state index in [0.717, 1.165) is 19.3 Å². The zero-order chi connectivity index (χ0) is 22.0. The van der Waals surface area contributed by atoms with Crippen LogP contribution in [0.15, 0.2) is 48.5 Å². The average Bonchev–Trinajstić information content (AvgIpc) is 2.93. The third-order valence-electron chi connectivity index (χ3n) is 7.20. The zero-order valence-corrected chi connectivity index (χ0v) is 19.4. The Labute approximate surface area is 186 Å². The summed E-state index contributed by atoms with van der Waals surface area (Å²) in [5, 5.41) is 0.